The first-order chi connectivity index (χ1) is 11.7. The van der Waals surface area contributed by atoms with Crippen LogP contribution in [0.25, 0.3) is 0 Å². The molecule has 0 bridgehead atoms. The van der Waals surface area contributed by atoms with E-state index in [0.717, 1.165) is 19.3 Å². The number of hydrogen-bond acceptors (Lipinski definition) is 4. The fourth-order valence-electron chi connectivity index (χ4n) is 3.40. The van der Waals surface area contributed by atoms with Crippen molar-refractivity contribution in [3.05, 3.63) is 35.4 Å². The average Bonchev–Trinajstić information content (AvgIpc) is 3.10. The summed E-state index contributed by atoms with van der Waals surface area (Å²) in [6.07, 6.45) is 2.49. The van der Waals surface area contributed by atoms with Crippen LogP contribution in [0.3, 0.4) is 0 Å². The van der Waals surface area contributed by atoms with Crippen LogP contribution in [0.5, 0.6) is 0 Å². The van der Waals surface area contributed by atoms with E-state index in [2.05, 4.69) is 23.5 Å². The predicted octanol–water partition coefficient (Wildman–Crippen LogP) is 0.675. The van der Waals surface area contributed by atoms with E-state index >= 15 is 0 Å². The lowest BCUT2D eigenvalue weighted by Gasteiger charge is -2.29. The van der Waals surface area contributed by atoms with Crippen LogP contribution in [0, 0.1) is 11.3 Å². The van der Waals surface area contributed by atoms with Gasteiger partial charge in [0.05, 0.1) is 19.2 Å². The van der Waals surface area contributed by atoms with Crippen LogP contribution in [0.1, 0.15) is 24.0 Å². The first kappa shape index (κ1) is 16.5. The molecule has 0 spiro atoms. The molecule has 2 aliphatic heterocycles. The number of nitriles is 1. The number of likely N-dealkylation sites (tertiary alicyclic amines) is 1. The summed E-state index contributed by atoms with van der Waals surface area (Å²) in [5, 5.41) is 12.0. The standard InChI is InChI=1S/C18H22N4O2/c19-10-16-6-3-8-22(16)18(24)12-20-11-17(23)21-9-7-14-4-1-2-5-15(14)13-21/h1-2,4-5,16,20H,3,6-9,11-13H2/t16-/m0/s1. The van der Waals surface area contributed by atoms with Gasteiger partial charge in [-0.1, -0.05) is 24.3 Å². The molecule has 0 aromatic heterocycles. The maximum Gasteiger partial charge on any atom is 0.237 e. The molecule has 2 heterocycles. The summed E-state index contributed by atoms with van der Waals surface area (Å²) >= 11 is 0. The van der Waals surface area contributed by atoms with Crippen molar-refractivity contribution in [2.24, 2.45) is 0 Å². The summed E-state index contributed by atoms with van der Waals surface area (Å²) in [7, 11) is 0. The van der Waals surface area contributed by atoms with Crippen molar-refractivity contribution >= 4 is 11.8 Å². The van der Waals surface area contributed by atoms with E-state index in [9.17, 15) is 9.59 Å². The highest BCUT2D eigenvalue weighted by atomic mass is 16.2. The van der Waals surface area contributed by atoms with E-state index in [1.54, 1.807) is 4.90 Å². The third kappa shape index (κ3) is 3.57. The molecule has 24 heavy (non-hydrogen) atoms. The summed E-state index contributed by atoms with van der Waals surface area (Å²) in [6.45, 7) is 2.24. The van der Waals surface area contributed by atoms with E-state index in [1.807, 2.05) is 17.0 Å². The summed E-state index contributed by atoms with van der Waals surface area (Å²) < 4.78 is 0. The van der Waals surface area contributed by atoms with Gasteiger partial charge in [-0.2, -0.15) is 5.26 Å². The highest BCUT2D eigenvalue weighted by molar-refractivity contribution is 5.82. The SMILES string of the molecule is N#C[C@@H]1CCCN1C(=O)CNCC(=O)N1CCc2ccccc2C1. The van der Waals surface area contributed by atoms with Gasteiger partial charge in [0.25, 0.3) is 0 Å². The molecule has 1 N–H and O–H groups in total. The number of nitrogens with zero attached hydrogens (tertiary/aromatic N) is 3. The van der Waals surface area contributed by atoms with Crippen LogP contribution in [0.2, 0.25) is 0 Å². The maximum atomic E-state index is 12.3. The molecule has 6 heteroatoms. The van der Waals surface area contributed by atoms with Crippen molar-refractivity contribution < 1.29 is 9.59 Å². The van der Waals surface area contributed by atoms with Gasteiger partial charge in [0.2, 0.25) is 11.8 Å². The van der Waals surface area contributed by atoms with E-state index in [-0.39, 0.29) is 30.9 Å². The first-order valence-electron chi connectivity index (χ1n) is 8.43. The highest BCUT2D eigenvalue weighted by Gasteiger charge is 2.28. The minimum Gasteiger partial charge on any atom is -0.337 e. The second kappa shape index (κ2) is 7.45. The van der Waals surface area contributed by atoms with Gasteiger partial charge in [-0.25, -0.2) is 0 Å². The lowest BCUT2D eigenvalue weighted by molar-refractivity contribution is -0.132. The van der Waals surface area contributed by atoms with Crippen LogP contribution in [-0.2, 0) is 22.6 Å². The molecule has 1 atom stereocenters. The van der Waals surface area contributed by atoms with Crippen molar-refractivity contribution in [3.8, 4) is 6.07 Å². The van der Waals surface area contributed by atoms with Crippen molar-refractivity contribution in [3.63, 3.8) is 0 Å². The topological polar surface area (TPSA) is 76.4 Å². The van der Waals surface area contributed by atoms with Crippen LogP contribution >= 0.6 is 0 Å². The molecule has 1 saturated heterocycles. The Kier molecular flexibility index (Phi) is 5.11. The normalized spacial score (nSPS) is 19.7. The Hall–Kier alpha value is -2.39. The summed E-state index contributed by atoms with van der Waals surface area (Å²) in [4.78, 5) is 27.9. The number of carbonyl (C=O) groups is 2. The van der Waals surface area contributed by atoms with Gasteiger partial charge in [-0.15, -0.1) is 0 Å². The number of carbonyl (C=O) groups excluding carboxylic acids is 2. The molecular weight excluding hydrogens is 304 g/mol. The summed E-state index contributed by atoms with van der Waals surface area (Å²) in [5.74, 6) is -0.0913. The molecule has 1 aromatic rings. The molecule has 6 nitrogen and oxygen atoms in total. The number of benzene rings is 1. The van der Waals surface area contributed by atoms with Crippen LogP contribution in [0.4, 0.5) is 0 Å². The molecule has 0 aliphatic carbocycles. The van der Waals surface area contributed by atoms with E-state index in [0.29, 0.717) is 19.6 Å². The summed E-state index contributed by atoms with van der Waals surface area (Å²) in [6, 6.07) is 10.0. The number of fused-ring (bicyclic) bond motifs is 1. The highest BCUT2D eigenvalue weighted by Crippen LogP contribution is 2.18. The van der Waals surface area contributed by atoms with Crippen molar-refractivity contribution in [2.75, 3.05) is 26.2 Å². The molecule has 0 radical (unpaired) electrons. The van der Waals surface area contributed by atoms with E-state index in [4.69, 9.17) is 5.26 Å². The van der Waals surface area contributed by atoms with Gasteiger partial charge in [0.15, 0.2) is 0 Å². The number of amides is 2. The smallest absolute Gasteiger partial charge is 0.237 e. The monoisotopic (exact) mass is 326 g/mol. The molecule has 3 rings (SSSR count). The van der Waals surface area contributed by atoms with Crippen LogP contribution < -0.4 is 5.32 Å². The second-order valence-corrected chi connectivity index (χ2v) is 6.31. The van der Waals surface area contributed by atoms with Gasteiger partial charge < -0.3 is 9.80 Å². The van der Waals surface area contributed by atoms with Crippen molar-refractivity contribution in [1.82, 2.24) is 15.1 Å². The molecule has 2 amide bonds. The van der Waals surface area contributed by atoms with Gasteiger partial charge in [-0.05, 0) is 30.4 Å². The Morgan fingerprint density at radius 2 is 1.92 bits per heavy atom. The number of hydrogen-bond donors (Lipinski definition) is 1. The Morgan fingerprint density at radius 1 is 1.17 bits per heavy atom. The van der Waals surface area contributed by atoms with Gasteiger partial charge in [0.1, 0.15) is 6.04 Å². The van der Waals surface area contributed by atoms with Gasteiger partial charge in [0, 0.05) is 19.6 Å². The molecule has 0 saturated carbocycles. The second-order valence-electron chi connectivity index (χ2n) is 6.31. The van der Waals surface area contributed by atoms with Crippen LogP contribution in [0.15, 0.2) is 24.3 Å². The Balaban J connectivity index is 1.45. The number of rotatable bonds is 4. The van der Waals surface area contributed by atoms with Crippen LogP contribution in [-0.4, -0.2) is 53.8 Å². The van der Waals surface area contributed by atoms with Gasteiger partial charge in [-0.3, -0.25) is 14.9 Å². The zero-order valence-electron chi connectivity index (χ0n) is 13.7. The summed E-state index contributed by atoms with van der Waals surface area (Å²) in [5.41, 5.74) is 2.50. The minimum atomic E-state index is -0.311. The van der Waals surface area contributed by atoms with Gasteiger partial charge >= 0.3 is 0 Å². The predicted molar refractivity (Wildman–Crippen MR) is 88.8 cm³/mol. The largest absolute Gasteiger partial charge is 0.337 e. The van der Waals surface area contributed by atoms with Crippen molar-refractivity contribution in [1.29, 1.82) is 5.26 Å². The average molecular weight is 326 g/mol. The zero-order valence-corrected chi connectivity index (χ0v) is 13.7. The molecule has 2 aliphatic rings. The molecule has 1 fully saturated rings. The maximum absolute atomic E-state index is 12.3. The third-order valence-electron chi connectivity index (χ3n) is 4.76. The molecular formula is C18H22N4O2. The Morgan fingerprint density at radius 3 is 2.71 bits per heavy atom. The molecule has 126 valence electrons. The number of nitrogens with one attached hydrogen (secondary N) is 1. The zero-order chi connectivity index (χ0) is 16.9. The quantitative estimate of drug-likeness (QED) is 0.882. The third-order valence-corrected chi connectivity index (χ3v) is 4.76. The van der Waals surface area contributed by atoms with E-state index in [1.165, 1.54) is 11.1 Å². The lowest BCUT2D eigenvalue weighted by Crippen LogP contribution is -2.45. The lowest BCUT2D eigenvalue weighted by atomic mass is 10.00. The first-order valence-corrected chi connectivity index (χ1v) is 8.43. The fourth-order valence-corrected chi connectivity index (χ4v) is 3.40. The fraction of sp³-hybridized carbons (Fsp3) is 0.500. The van der Waals surface area contributed by atoms with Crippen molar-refractivity contribution in [2.45, 2.75) is 31.8 Å². The molecule has 1 aromatic carbocycles. The van der Waals surface area contributed by atoms with E-state index < -0.39 is 0 Å². The minimum absolute atomic E-state index is 0.00978. The Bertz CT molecular complexity index is 667. The molecule has 0 unspecified atom stereocenters. The Labute approximate surface area is 142 Å².